The first-order valence-electron chi connectivity index (χ1n) is 8.55. The molecule has 0 aliphatic carbocycles. The van der Waals surface area contributed by atoms with E-state index in [0.717, 1.165) is 4.88 Å². The second kappa shape index (κ2) is 8.46. The van der Waals surface area contributed by atoms with Crippen molar-refractivity contribution in [2.24, 2.45) is 12.1 Å². The molecular weight excluding hydrogens is 414 g/mol. The number of aromatic nitrogens is 2. The van der Waals surface area contributed by atoms with Crippen molar-refractivity contribution in [3.63, 3.8) is 0 Å². The molecule has 0 fully saturated rings. The molecule has 0 saturated heterocycles. The Labute approximate surface area is 175 Å². The Kier molecular flexibility index (Phi) is 6.00. The van der Waals surface area contributed by atoms with E-state index in [4.69, 9.17) is 11.6 Å². The van der Waals surface area contributed by atoms with Gasteiger partial charge in [-0.3, -0.25) is 19.1 Å². The summed E-state index contributed by atoms with van der Waals surface area (Å²) in [7, 11) is 1.69. The van der Waals surface area contributed by atoms with Crippen LogP contribution in [0.4, 0.5) is 5.69 Å². The highest BCUT2D eigenvalue weighted by Crippen LogP contribution is 2.21. The predicted octanol–water partition coefficient (Wildman–Crippen LogP) is 2.68. The number of thiophene rings is 1. The topological polar surface area (TPSA) is 97.5 Å². The quantitative estimate of drug-likeness (QED) is 0.377. The lowest BCUT2D eigenvalue weighted by molar-refractivity contribution is -0.136. The third-order valence-corrected chi connectivity index (χ3v) is 5.59. The summed E-state index contributed by atoms with van der Waals surface area (Å²) in [6.07, 6.45) is 0. The number of para-hydroxylation sites is 1. The van der Waals surface area contributed by atoms with Crippen molar-refractivity contribution in [2.45, 2.75) is 13.8 Å². The fourth-order valence-electron chi connectivity index (χ4n) is 2.63. The minimum atomic E-state index is -0.989. The van der Waals surface area contributed by atoms with E-state index in [1.807, 2.05) is 6.07 Å². The first-order chi connectivity index (χ1) is 13.8. The highest BCUT2D eigenvalue weighted by Gasteiger charge is 2.21. The Bertz CT molecular complexity index is 1160. The highest BCUT2D eigenvalue weighted by atomic mass is 35.5. The first-order valence-corrected chi connectivity index (χ1v) is 9.74. The van der Waals surface area contributed by atoms with E-state index >= 15 is 0 Å². The lowest BCUT2D eigenvalue weighted by Crippen LogP contribution is -2.34. The fourth-order valence-corrected chi connectivity index (χ4v) is 3.62. The molecule has 0 aliphatic heterocycles. The molecule has 0 atom stereocenters. The lowest BCUT2D eigenvalue weighted by Gasteiger charge is -2.07. The second-order valence-electron chi connectivity index (χ2n) is 6.13. The second-order valence-corrected chi connectivity index (χ2v) is 7.85. The van der Waals surface area contributed by atoms with E-state index in [2.05, 4.69) is 15.8 Å². The van der Waals surface area contributed by atoms with E-state index in [9.17, 15) is 14.4 Å². The minimum Gasteiger partial charge on any atom is -0.311 e. The average Bonchev–Trinajstić information content (AvgIpc) is 3.23. The monoisotopic (exact) mass is 431 g/mol. The van der Waals surface area contributed by atoms with Gasteiger partial charge < -0.3 is 5.32 Å². The normalized spacial score (nSPS) is 11.4. The van der Waals surface area contributed by atoms with Crippen molar-refractivity contribution in [2.75, 3.05) is 5.32 Å². The van der Waals surface area contributed by atoms with Crippen LogP contribution in [-0.2, 0) is 16.6 Å². The molecule has 0 spiro atoms. The maximum absolute atomic E-state index is 12.8. The van der Waals surface area contributed by atoms with Crippen LogP contribution in [0.15, 0.2) is 52.4 Å². The van der Waals surface area contributed by atoms with Gasteiger partial charge in [0.2, 0.25) is 0 Å². The van der Waals surface area contributed by atoms with Crippen molar-refractivity contribution in [1.29, 1.82) is 0 Å². The lowest BCUT2D eigenvalue weighted by atomic mass is 10.3. The van der Waals surface area contributed by atoms with Crippen LogP contribution < -0.4 is 16.3 Å². The van der Waals surface area contributed by atoms with Gasteiger partial charge in [-0.1, -0.05) is 29.8 Å². The van der Waals surface area contributed by atoms with Gasteiger partial charge in [0.05, 0.1) is 26.3 Å². The number of nitrogens with zero attached hydrogens (tertiary/aromatic N) is 3. The van der Waals surface area contributed by atoms with Gasteiger partial charge in [0, 0.05) is 7.05 Å². The van der Waals surface area contributed by atoms with Crippen molar-refractivity contribution in [3.8, 4) is 5.69 Å². The molecule has 8 nitrogen and oxygen atoms in total. The smallest absolute Gasteiger partial charge is 0.311 e. The summed E-state index contributed by atoms with van der Waals surface area (Å²) in [6.45, 7) is 3.36. The number of benzene rings is 1. The van der Waals surface area contributed by atoms with Crippen molar-refractivity contribution in [3.05, 3.63) is 67.7 Å². The number of hydrazone groups is 1. The number of halogens is 1. The molecular formula is C19H18ClN5O3S. The van der Waals surface area contributed by atoms with Gasteiger partial charge in [0.15, 0.2) is 0 Å². The van der Waals surface area contributed by atoms with Gasteiger partial charge in [0.1, 0.15) is 5.69 Å². The Morgan fingerprint density at radius 3 is 2.41 bits per heavy atom. The van der Waals surface area contributed by atoms with Gasteiger partial charge in [-0.25, -0.2) is 10.1 Å². The molecule has 0 bridgehead atoms. The summed E-state index contributed by atoms with van der Waals surface area (Å²) in [4.78, 5) is 37.9. The molecule has 2 amide bonds. The molecule has 150 valence electrons. The molecule has 10 heteroatoms. The Morgan fingerprint density at radius 2 is 1.79 bits per heavy atom. The van der Waals surface area contributed by atoms with Crippen LogP contribution in [0.1, 0.15) is 17.5 Å². The van der Waals surface area contributed by atoms with Crippen LogP contribution in [0.5, 0.6) is 0 Å². The van der Waals surface area contributed by atoms with Crippen molar-refractivity contribution < 1.29 is 9.59 Å². The highest BCUT2D eigenvalue weighted by molar-refractivity contribution is 7.18. The van der Waals surface area contributed by atoms with Gasteiger partial charge >= 0.3 is 11.8 Å². The number of nitrogens with one attached hydrogen (secondary N) is 2. The summed E-state index contributed by atoms with van der Waals surface area (Å²) in [5.74, 6) is -1.97. The molecule has 29 heavy (non-hydrogen) atoms. The zero-order chi connectivity index (χ0) is 21.1. The molecule has 1 aromatic carbocycles. The number of hydrogen-bond acceptors (Lipinski definition) is 5. The van der Waals surface area contributed by atoms with Crippen LogP contribution >= 0.6 is 22.9 Å². The van der Waals surface area contributed by atoms with Gasteiger partial charge in [-0.15, -0.1) is 11.3 Å². The van der Waals surface area contributed by atoms with Crippen molar-refractivity contribution >= 4 is 46.2 Å². The third kappa shape index (κ3) is 4.30. The van der Waals surface area contributed by atoms with E-state index in [1.165, 1.54) is 16.0 Å². The Hall–Kier alpha value is -3.17. The molecule has 3 aromatic rings. The van der Waals surface area contributed by atoms with Gasteiger partial charge in [-0.05, 0) is 38.1 Å². The molecule has 0 saturated carbocycles. The minimum absolute atomic E-state index is 0.0299. The molecule has 3 rings (SSSR count). The number of amides is 2. The summed E-state index contributed by atoms with van der Waals surface area (Å²) >= 11 is 7.18. The van der Waals surface area contributed by atoms with Gasteiger partial charge in [-0.2, -0.15) is 5.10 Å². The van der Waals surface area contributed by atoms with Crippen molar-refractivity contribution in [1.82, 2.24) is 14.8 Å². The molecule has 2 heterocycles. The number of carbonyl (C=O) groups is 2. The predicted molar refractivity (Wildman–Crippen MR) is 114 cm³/mol. The van der Waals surface area contributed by atoms with Crippen LogP contribution in [0, 0.1) is 6.92 Å². The number of anilines is 1. The SMILES string of the molecule is CC(=NNC(=O)C(=O)Nc1c(C)n(C)n(-c2ccccc2)c1=O)c1ccc(Cl)s1. The number of hydrogen-bond donors (Lipinski definition) is 2. The Morgan fingerprint density at radius 1 is 1.10 bits per heavy atom. The maximum Gasteiger partial charge on any atom is 0.329 e. The fraction of sp³-hybridized carbons (Fsp3) is 0.158. The number of rotatable bonds is 4. The molecule has 0 aliphatic rings. The summed E-state index contributed by atoms with van der Waals surface area (Å²) in [6, 6.07) is 12.5. The summed E-state index contributed by atoms with van der Waals surface area (Å²) in [5.41, 5.74) is 3.43. The van der Waals surface area contributed by atoms with E-state index in [-0.39, 0.29) is 5.69 Å². The zero-order valence-electron chi connectivity index (χ0n) is 15.9. The van der Waals surface area contributed by atoms with Crippen LogP contribution in [0.2, 0.25) is 4.34 Å². The van der Waals surface area contributed by atoms with E-state index in [1.54, 1.807) is 62.0 Å². The van der Waals surface area contributed by atoms with Crippen LogP contribution in [0.3, 0.4) is 0 Å². The van der Waals surface area contributed by atoms with E-state index in [0.29, 0.717) is 21.4 Å². The largest absolute Gasteiger partial charge is 0.329 e. The summed E-state index contributed by atoms with van der Waals surface area (Å²) in [5, 5.41) is 6.29. The molecule has 2 aromatic heterocycles. The first kappa shape index (κ1) is 20.6. The average molecular weight is 432 g/mol. The number of carbonyl (C=O) groups excluding carboxylic acids is 2. The standard InChI is InChI=1S/C19H18ClN5O3S/c1-11(14-9-10-15(20)29-14)22-23-18(27)17(26)21-16-12(2)24(3)25(19(16)28)13-7-5-4-6-8-13/h4-10H,1-3H3,(H,21,26)(H,23,27). The van der Waals surface area contributed by atoms with E-state index < -0.39 is 17.4 Å². The van der Waals surface area contributed by atoms with Gasteiger partial charge in [0.25, 0.3) is 5.56 Å². The zero-order valence-corrected chi connectivity index (χ0v) is 17.5. The third-order valence-electron chi connectivity index (χ3n) is 4.25. The van der Waals surface area contributed by atoms with Crippen LogP contribution in [0.25, 0.3) is 5.69 Å². The summed E-state index contributed by atoms with van der Waals surface area (Å²) < 4.78 is 3.60. The maximum atomic E-state index is 12.8. The Balaban J connectivity index is 1.77. The molecule has 2 N–H and O–H groups in total. The molecule has 0 unspecified atom stereocenters. The molecule has 0 radical (unpaired) electrons. The van der Waals surface area contributed by atoms with Crippen LogP contribution in [-0.4, -0.2) is 26.9 Å².